The lowest BCUT2D eigenvalue weighted by Gasteiger charge is -2.16. The van der Waals surface area contributed by atoms with Gasteiger partial charge in [-0.1, -0.05) is 18.2 Å². The first kappa shape index (κ1) is 12.3. The SMILES string of the molecule is CCOC(C)n1c(C=O)c(C#N)c2ccccc21. The maximum Gasteiger partial charge on any atom is 0.167 e. The molecule has 0 aliphatic heterocycles. The predicted molar refractivity (Wildman–Crippen MR) is 68.4 cm³/mol. The number of nitrogens with zero attached hydrogens (tertiary/aromatic N) is 2. The van der Waals surface area contributed by atoms with Crippen molar-refractivity contribution in [2.24, 2.45) is 0 Å². The molecule has 4 nitrogen and oxygen atoms in total. The molecule has 0 fully saturated rings. The first-order valence-corrected chi connectivity index (χ1v) is 5.84. The molecule has 0 spiro atoms. The first-order chi connectivity index (χ1) is 8.74. The summed E-state index contributed by atoms with van der Waals surface area (Å²) in [4.78, 5) is 11.3. The highest BCUT2D eigenvalue weighted by molar-refractivity contribution is 5.95. The lowest BCUT2D eigenvalue weighted by Crippen LogP contribution is -2.12. The molecule has 0 saturated heterocycles. The zero-order valence-corrected chi connectivity index (χ0v) is 10.4. The largest absolute Gasteiger partial charge is 0.359 e. The van der Waals surface area contributed by atoms with Crippen molar-refractivity contribution in [2.45, 2.75) is 20.1 Å². The molecule has 4 heteroatoms. The Morgan fingerprint density at radius 2 is 2.22 bits per heavy atom. The summed E-state index contributed by atoms with van der Waals surface area (Å²) in [5, 5.41) is 10.00. The molecule has 1 unspecified atom stereocenters. The minimum Gasteiger partial charge on any atom is -0.359 e. The number of hydrogen-bond donors (Lipinski definition) is 0. The third-order valence-electron chi connectivity index (χ3n) is 2.94. The van der Waals surface area contributed by atoms with Gasteiger partial charge < -0.3 is 9.30 Å². The van der Waals surface area contributed by atoms with Crippen LogP contribution in [0.25, 0.3) is 10.9 Å². The van der Waals surface area contributed by atoms with Crippen LogP contribution in [0.5, 0.6) is 0 Å². The van der Waals surface area contributed by atoms with E-state index in [4.69, 9.17) is 4.74 Å². The highest BCUT2D eigenvalue weighted by Gasteiger charge is 2.19. The van der Waals surface area contributed by atoms with Gasteiger partial charge in [0.2, 0.25) is 0 Å². The number of aldehydes is 1. The number of carbonyl (C=O) groups is 1. The molecule has 2 rings (SSSR count). The zero-order valence-electron chi connectivity index (χ0n) is 10.4. The number of ether oxygens (including phenoxy) is 1. The second-order valence-electron chi connectivity index (χ2n) is 3.93. The maximum absolute atomic E-state index is 11.3. The molecule has 0 saturated carbocycles. The lowest BCUT2D eigenvalue weighted by molar-refractivity contribution is 0.0266. The Balaban J connectivity index is 2.78. The summed E-state index contributed by atoms with van der Waals surface area (Å²) >= 11 is 0. The number of rotatable bonds is 4. The third-order valence-corrected chi connectivity index (χ3v) is 2.94. The van der Waals surface area contributed by atoms with Gasteiger partial charge in [0.15, 0.2) is 6.29 Å². The quantitative estimate of drug-likeness (QED) is 0.774. The number of nitriles is 1. The topological polar surface area (TPSA) is 55.0 Å². The smallest absolute Gasteiger partial charge is 0.167 e. The lowest BCUT2D eigenvalue weighted by atomic mass is 10.1. The van der Waals surface area contributed by atoms with Crippen molar-refractivity contribution in [2.75, 3.05) is 6.61 Å². The average molecular weight is 242 g/mol. The highest BCUT2D eigenvalue weighted by atomic mass is 16.5. The van der Waals surface area contributed by atoms with E-state index < -0.39 is 0 Å². The molecule has 92 valence electrons. The van der Waals surface area contributed by atoms with Gasteiger partial charge in [-0.25, -0.2) is 0 Å². The van der Waals surface area contributed by atoms with Crippen LogP contribution in [0.15, 0.2) is 24.3 Å². The van der Waals surface area contributed by atoms with Gasteiger partial charge in [0, 0.05) is 12.0 Å². The van der Waals surface area contributed by atoms with Gasteiger partial charge in [-0.05, 0) is 19.9 Å². The fourth-order valence-electron chi connectivity index (χ4n) is 2.22. The molecule has 2 aromatic rings. The van der Waals surface area contributed by atoms with Crippen LogP contribution in [-0.4, -0.2) is 17.5 Å². The molecule has 18 heavy (non-hydrogen) atoms. The molecule has 0 amide bonds. The summed E-state index contributed by atoms with van der Waals surface area (Å²) < 4.78 is 7.30. The van der Waals surface area contributed by atoms with E-state index in [1.807, 2.05) is 38.1 Å². The highest BCUT2D eigenvalue weighted by Crippen LogP contribution is 2.28. The Labute approximate surface area is 105 Å². The van der Waals surface area contributed by atoms with E-state index in [9.17, 15) is 10.1 Å². The normalized spacial score (nSPS) is 12.3. The predicted octanol–water partition coefficient (Wildman–Crippen LogP) is 2.88. The standard InChI is InChI=1S/C14H14N2O2/c1-3-18-10(2)16-13-7-5-4-6-11(13)12(8-15)14(16)9-17/h4-7,9-10H,3H2,1-2H3. The van der Waals surface area contributed by atoms with Crippen LogP contribution in [0.4, 0.5) is 0 Å². The van der Waals surface area contributed by atoms with E-state index in [-0.39, 0.29) is 6.23 Å². The van der Waals surface area contributed by atoms with Crippen LogP contribution in [0.1, 0.15) is 36.1 Å². The van der Waals surface area contributed by atoms with Gasteiger partial charge in [0.25, 0.3) is 0 Å². The molecule has 1 atom stereocenters. The number of benzene rings is 1. The van der Waals surface area contributed by atoms with Gasteiger partial charge in [-0.3, -0.25) is 4.79 Å². The molecule has 0 radical (unpaired) electrons. The molecular weight excluding hydrogens is 228 g/mol. The van der Waals surface area contributed by atoms with Gasteiger partial charge >= 0.3 is 0 Å². The van der Waals surface area contributed by atoms with Gasteiger partial charge in [-0.2, -0.15) is 5.26 Å². The van der Waals surface area contributed by atoms with Crippen LogP contribution < -0.4 is 0 Å². The van der Waals surface area contributed by atoms with Crippen molar-refractivity contribution < 1.29 is 9.53 Å². The summed E-state index contributed by atoms with van der Waals surface area (Å²) in [6, 6.07) is 9.57. The second-order valence-corrected chi connectivity index (χ2v) is 3.93. The summed E-state index contributed by atoms with van der Waals surface area (Å²) in [5.41, 5.74) is 1.63. The molecule has 0 bridgehead atoms. The Bertz CT molecular complexity index is 622. The fraction of sp³-hybridized carbons (Fsp3) is 0.286. The number of fused-ring (bicyclic) bond motifs is 1. The van der Waals surface area contributed by atoms with Crippen molar-refractivity contribution in [3.8, 4) is 6.07 Å². The third kappa shape index (κ3) is 1.79. The van der Waals surface area contributed by atoms with E-state index in [1.165, 1.54) is 0 Å². The molecule has 0 aliphatic carbocycles. The molecule has 1 heterocycles. The van der Waals surface area contributed by atoms with Gasteiger partial charge in [0.1, 0.15) is 18.0 Å². The monoisotopic (exact) mass is 242 g/mol. The van der Waals surface area contributed by atoms with Crippen LogP contribution in [0, 0.1) is 11.3 Å². The van der Waals surface area contributed by atoms with Gasteiger partial charge in [0.05, 0.1) is 11.1 Å². The summed E-state index contributed by atoms with van der Waals surface area (Å²) in [6.45, 7) is 4.31. The summed E-state index contributed by atoms with van der Waals surface area (Å²) in [7, 11) is 0. The van der Waals surface area contributed by atoms with Crippen LogP contribution >= 0.6 is 0 Å². The van der Waals surface area contributed by atoms with Crippen molar-refractivity contribution >= 4 is 17.2 Å². The van der Waals surface area contributed by atoms with Crippen LogP contribution in [-0.2, 0) is 4.74 Å². The number of para-hydroxylation sites is 1. The Kier molecular flexibility index (Phi) is 3.45. The van der Waals surface area contributed by atoms with E-state index in [2.05, 4.69) is 6.07 Å². The van der Waals surface area contributed by atoms with Crippen LogP contribution in [0.2, 0.25) is 0 Å². The van der Waals surface area contributed by atoms with Crippen molar-refractivity contribution in [1.82, 2.24) is 4.57 Å². The fourth-order valence-corrected chi connectivity index (χ4v) is 2.22. The second kappa shape index (κ2) is 5.03. The Hall–Kier alpha value is -2.12. The number of aromatic nitrogens is 1. The average Bonchev–Trinajstić information content (AvgIpc) is 2.72. The number of carbonyl (C=O) groups excluding carboxylic acids is 1. The molecule has 1 aromatic carbocycles. The van der Waals surface area contributed by atoms with E-state index >= 15 is 0 Å². The van der Waals surface area contributed by atoms with Crippen molar-refractivity contribution in [1.29, 1.82) is 5.26 Å². The van der Waals surface area contributed by atoms with E-state index in [0.717, 1.165) is 10.9 Å². The first-order valence-electron chi connectivity index (χ1n) is 5.84. The maximum atomic E-state index is 11.3. The minimum atomic E-state index is -0.276. The van der Waals surface area contributed by atoms with E-state index in [1.54, 1.807) is 4.57 Å². The molecule has 1 aromatic heterocycles. The summed E-state index contributed by atoms with van der Waals surface area (Å²) in [6.07, 6.45) is 0.441. The summed E-state index contributed by atoms with van der Waals surface area (Å²) in [5.74, 6) is 0. The molecular formula is C14H14N2O2. The molecule has 0 aliphatic rings. The number of hydrogen-bond acceptors (Lipinski definition) is 3. The minimum absolute atomic E-state index is 0.276. The molecule has 0 N–H and O–H groups in total. The van der Waals surface area contributed by atoms with Crippen molar-refractivity contribution in [3.05, 3.63) is 35.5 Å². The Morgan fingerprint density at radius 1 is 1.50 bits per heavy atom. The van der Waals surface area contributed by atoms with Crippen molar-refractivity contribution in [3.63, 3.8) is 0 Å². The van der Waals surface area contributed by atoms with Gasteiger partial charge in [-0.15, -0.1) is 0 Å². The Morgan fingerprint density at radius 3 is 2.83 bits per heavy atom. The van der Waals surface area contributed by atoms with Crippen LogP contribution in [0.3, 0.4) is 0 Å². The zero-order chi connectivity index (χ0) is 13.1. The van der Waals surface area contributed by atoms with E-state index in [0.29, 0.717) is 24.2 Å².